The van der Waals surface area contributed by atoms with Crippen LogP contribution in [0.1, 0.15) is 26.4 Å². The van der Waals surface area contributed by atoms with Gasteiger partial charge in [-0.25, -0.2) is 0 Å². The lowest BCUT2D eigenvalue weighted by molar-refractivity contribution is 0.0937. The highest BCUT2D eigenvalue weighted by Crippen LogP contribution is 2.09. The molecule has 6 nitrogen and oxygen atoms in total. The van der Waals surface area contributed by atoms with Crippen LogP contribution in [0.5, 0.6) is 0 Å². The van der Waals surface area contributed by atoms with Gasteiger partial charge in [0.25, 0.3) is 11.8 Å². The predicted octanol–water partition coefficient (Wildman–Crippen LogP) is 2.04. The second-order valence-corrected chi connectivity index (χ2v) is 5.42. The normalized spacial score (nSPS) is 10.2. The first-order valence-corrected chi connectivity index (χ1v) is 7.74. The van der Waals surface area contributed by atoms with Crippen molar-refractivity contribution in [3.8, 4) is 0 Å². The van der Waals surface area contributed by atoms with Crippen molar-refractivity contribution in [3.05, 3.63) is 64.4 Å². The molecular formula is C17H18ClN3O3. The molecule has 0 bridgehead atoms. The molecule has 0 radical (unpaired) electrons. The summed E-state index contributed by atoms with van der Waals surface area (Å²) in [7, 11) is 1.56. The smallest absolute Gasteiger partial charge is 0.270 e. The molecule has 0 saturated heterocycles. The number of rotatable bonds is 7. The van der Waals surface area contributed by atoms with Crippen LogP contribution in [-0.4, -0.2) is 37.1 Å². The molecule has 0 unspecified atom stereocenters. The number of hydrogen-bond acceptors (Lipinski definition) is 4. The van der Waals surface area contributed by atoms with E-state index in [0.717, 1.165) is 5.56 Å². The minimum Gasteiger partial charge on any atom is -0.383 e. The van der Waals surface area contributed by atoms with Gasteiger partial charge in [-0.1, -0.05) is 23.7 Å². The molecule has 0 aliphatic heterocycles. The summed E-state index contributed by atoms with van der Waals surface area (Å²) in [6.07, 6.45) is 1.43. The van der Waals surface area contributed by atoms with E-state index in [2.05, 4.69) is 15.6 Å². The number of carbonyl (C=O) groups is 2. The first-order valence-electron chi connectivity index (χ1n) is 7.36. The van der Waals surface area contributed by atoms with E-state index in [4.69, 9.17) is 16.3 Å². The fourth-order valence-corrected chi connectivity index (χ4v) is 2.07. The van der Waals surface area contributed by atoms with Gasteiger partial charge in [-0.05, 0) is 29.8 Å². The summed E-state index contributed by atoms with van der Waals surface area (Å²) in [6, 6.07) is 10.2. The third-order valence-corrected chi connectivity index (χ3v) is 3.46. The van der Waals surface area contributed by atoms with E-state index in [1.165, 1.54) is 12.3 Å². The molecule has 1 heterocycles. The molecule has 0 spiro atoms. The number of nitrogens with one attached hydrogen (secondary N) is 2. The van der Waals surface area contributed by atoms with E-state index in [9.17, 15) is 9.59 Å². The zero-order chi connectivity index (χ0) is 17.4. The van der Waals surface area contributed by atoms with Gasteiger partial charge in [0.2, 0.25) is 0 Å². The van der Waals surface area contributed by atoms with Crippen LogP contribution in [0, 0.1) is 0 Å². The molecule has 0 saturated carbocycles. The van der Waals surface area contributed by atoms with Crippen LogP contribution in [0.2, 0.25) is 5.02 Å². The lowest BCUT2D eigenvalue weighted by atomic mass is 10.2. The molecular weight excluding hydrogens is 330 g/mol. The average Bonchev–Trinajstić information content (AvgIpc) is 2.61. The van der Waals surface area contributed by atoms with Gasteiger partial charge in [-0.2, -0.15) is 0 Å². The van der Waals surface area contributed by atoms with E-state index in [0.29, 0.717) is 30.3 Å². The second-order valence-electron chi connectivity index (χ2n) is 4.99. The van der Waals surface area contributed by atoms with Crippen molar-refractivity contribution < 1.29 is 14.3 Å². The molecule has 0 aliphatic carbocycles. The molecule has 2 amide bonds. The van der Waals surface area contributed by atoms with Crippen molar-refractivity contribution in [3.63, 3.8) is 0 Å². The van der Waals surface area contributed by atoms with Crippen LogP contribution in [0.3, 0.4) is 0 Å². The Morgan fingerprint density at radius 3 is 2.58 bits per heavy atom. The van der Waals surface area contributed by atoms with Crippen molar-refractivity contribution in [2.24, 2.45) is 0 Å². The third kappa shape index (κ3) is 5.33. The topological polar surface area (TPSA) is 80.3 Å². The monoisotopic (exact) mass is 347 g/mol. The Kier molecular flexibility index (Phi) is 6.72. The van der Waals surface area contributed by atoms with Gasteiger partial charge in [0.05, 0.1) is 6.61 Å². The highest BCUT2D eigenvalue weighted by atomic mass is 35.5. The Bertz CT molecular complexity index is 704. The van der Waals surface area contributed by atoms with Crippen LogP contribution in [0.25, 0.3) is 0 Å². The molecule has 1 aromatic heterocycles. The fraction of sp³-hybridized carbons (Fsp3) is 0.235. The first kappa shape index (κ1) is 17.9. The SMILES string of the molecule is COCCNC(=O)c1ccnc(C(=O)NCc2ccc(Cl)cc2)c1. The number of halogens is 1. The average molecular weight is 348 g/mol. The summed E-state index contributed by atoms with van der Waals surface area (Å²) in [5.74, 6) is -0.627. The number of carbonyl (C=O) groups excluding carboxylic acids is 2. The lowest BCUT2D eigenvalue weighted by Crippen LogP contribution is -2.28. The molecule has 0 fully saturated rings. The number of amides is 2. The standard InChI is InChI=1S/C17H18ClN3O3/c1-24-9-8-20-16(22)13-6-7-19-15(10-13)17(23)21-11-12-2-4-14(18)5-3-12/h2-7,10H,8-9,11H2,1H3,(H,20,22)(H,21,23). The molecule has 2 N–H and O–H groups in total. The van der Waals surface area contributed by atoms with E-state index in [-0.39, 0.29) is 17.5 Å². The maximum absolute atomic E-state index is 12.2. The quantitative estimate of drug-likeness (QED) is 0.751. The molecule has 2 aromatic rings. The maximum atomic E-state index is 12.2. The van der Waals surface area contributed by atoms with E-state index >= 15 is 0 Å². The maximum Gasteiger partial charge on any atom is 0.270 e. The van der Waals surface area contributed by atoms with Crippen molar-refractivity contribution in [1.82, 2.24) is 15.6 Å². The van der Waals surface area contributed by atoms with Gasteiger partial charge in [0, 0.05) is 37.0 Å². The van der Waals surface area contributed by atoms with E-state index in [1.807, 2.05) is 12.1 Å². The van der Waals surface area contributed by atoms with Crippen LogP contribution >= 0.6 is 11.6 Å². The summed E-state index contributed by atoms with van der Waals surface area (Å²) < 4.78 is 4.87. The number of benzene rings is 1. The van der Waals surface area contributed by atoms with Gasteiger partial charge in [0.1, 0.15) is 5.69 Å². The lowest BCUT2D eigenvalue weighted by Gasteiger charge is -2.07. The highest BCUT2D eigenvalue weighted by Gasteiger charge is 2.11. The fourth-order valence-electron chi connectivity index (χ4n) is 1.94. The van der Waals surface area contributed by atoms with Crippen molar-refractivity contribution in [1.29, 1.82) is 0 Å². The Balaban J connectivity index is 1.95. The Labute approximate surface area is 145 Å². The molecule has 2 rings (SSSR count). The number of pyridine rings is 1. The first-order chi connectivity index (χ1) is 11.6. The minimum atomic E-state index is -0.350. The molecule has 7 heteroatoms. The highest BCUT2D eigenvalue weighted by molar-refractivity contribution is 6.30. The van der Waals surface area contributed by atoms with Crippen molar-refractivity contribution >= 4 is 23.4 Å². The summed E-state index contributed by atoms with van der Waals surface area (Å²) in [5, 5.41) is 6.09. The van der Waals surface area contributed by atoms with Gasteiger partial charge in [0.15, 0.2) is 0 Å². The molecule has 126 valence electrons. The molecule has 0 aliphatic rings. The number of hydrogen-bond donors (Lipinski definition) is 2. The molecule has 24 heavy (non-hydrogen) atoms. The van der Waals surface area contributed by atoms with Crippen LogP contribution < -0.4 is 10.6 Å². The van der Waals surface area contributed by atoms with Gasteiger partial charge in [-0.15, -0.1) is 0 Å². The third-order valence-electron chi connectivity index (χ3n) is 3.21. The van der Waals surface area contributed by atoms with Crippen molar-refractivity contribution in [2.75, 3.05) is 20.3 Å². The number of ether oxygens (including phenoxy) is 1. The summed E-state index contributed by atoms with van der Waals surface area (Å²) >= 11 is 5.82. The van der Waals surface area contributed by atoms with Gasteiger partial charge < -0.3 is 15.4 Å². The van der Waals surface area contributed by atoms with E-state index < -0.39 is 0 Å². The van der Waals surface area contributed by atoms with Gasteiger partial charge >= 0.3 is 0 Å². The van der Waals surface area contributed by atoms with Crippen LogP contribution in [-0.2, 0) is 11.3 Å². The summed E-state index contributed by atoms with van der Waals surface area (Å²) in [6.45, 7) is 1.17. The molecule has 1 aromatic carbocycles. The molecule has 0 atom stereocenters. The van der Waals surface area contributed by atoms with Crippen LogP contribution in [0.4, 0.5) is 0 Å². The summed E-state index contributed by atoms with van der Waals surface area (Å²) in [4.78, 5) is 28.1. The Morgan fingerprint density at radius 1 is 1.12 bits per heavy atom. The van der Waals surface area contributed by atoms with E-state index in [1.54, 1.807) is 25.3 Å². The zero-order valence-electron chi connectivity index (χ0n) is 13.2. The second kappa shape index (κ2) is 9.00. The predicted molar refractivity (Wildman–Crippen MR) is 91.1 cm³/mol. The van der Waals surface area contributed by atoms with Crippen molar-refractivity contribution in [2.45, 2.75) is 6.54 Å². The number of methoxy groups -OCH3 is 1. The largest absolute Gasteiger partial charge is 0.383 e. The van der Waals surface area contributed by atoms with Crippen LogP contribution in [0.15, 0.2) is 42.6 Å². The minimum absolute atomic E-state index is 0.184. The number of aromatic nitrogens is 1. The summed E-state index contributed by atoms with van der Waals surface area (Å²) in [5.41, 5.74) is 1.47. The Hall–Kier alpha value is -2.44. The Morgan fingerprint density at radius 2 is 1.88 bits per heavy atom. The van der Waals surface area contributed by atoms with Gasteiger partial charge in [-0.3, -0.25) is 14.6 Å². The zero-order valence-corrected chi connectivity index (χ0v) is 14.0. The number of nitrogens with zero attached hydrogens (tertiary/aromatic N) is 1.